The quantitative estimate of drug-likeness (QED) is 0.523. The van der Waals surface area contributed by atoms with Gasteiger partial charge in [-0.05, 0) is 12.1 Å². The molecule has 0 atom stereocenters. The molecule has 3 aromatic heterocycles. The number of rotatable bonds is 4. The minimum atomic E-state index is -0.250. The molecule has 0 saturated heterocycles. The van der Waals surface area contributed by atoms with Crippen LogP contribution in [0.15, 0.2) is 36.9 Å². The predicted molar refractivity (Wildman–Crippen MR) is 109 cm³/mol. The Morgan fingerprint density at radius 1 is 1.16 bits per heavy atom. The molecule has 2 N–H and O–H groups in total. The zero-order chi connectivity index (χ0) is 23.3. The maximum atomic E-state index is 12.9. The Bertz CT molecular complexity index is 1000. The van der Waals surface area contributed by atoms with Gasteiger partial charge in [0.25, 0.3) is 18.9 Å². The van der Waals surface area contributed by atoms with Gasteiger partial charge < -0.3 is 24.4 Å². The van der Waals surface area contributed by atoms with Crippen molar-refractivity contribution in [3.05, 3.63) is 54.1 Å². The summed E-state index contributed by atoms with van der Waals surface area (Å²) in [6, 6.07) is 3.57. The van der Waals surface area contributed by atoms with E-state index in [4.69, 9.17) is 24.5 Å². The first kappa shape index (κ1) is 24.0. The van der Waals surface area contributed by atoms with E-state index in [2.05, 4.69) is 24.8 Å². The summed E-state index contributed by atoms with van der Waals surface area (Å²) in [5, 5.41) is 26.6. The van der Waals surface area contributed by atoms with Crippen LogP contribution in [0.1, 0.15) is 22.0 Å². The number of pyridine rings is 1. The average molecular weight is 445 g/mol. The van der Waals surface area contributed by atoms with E-state index in [0.717, 1.165) is 11.6 Å². The average Bonchev–Trinajstić information content (AvgIpc) is 3.40. The van der Waals surface area contributed by atoms with Crippen molar-refractivity contribution in [1.29, 1.82) is 0 Å². The van der Waals surface area contributed by atoms with Gasteiger partial charge in [-0.1, -0.05) is 0 Å². The second kappa shape index (κ2) is 12.4. The minimum Gasteiger partial charge on any atom is -0.494 e. The molecule has 0 unspecified atom stereocenters. The fraction of sp³-hybridized carbons (Fsp3) is 0.316. The van der Waals surface area contributed by atoms with Crippen molar-refractivity contribution in [2.24, 2.45) is 0 Å². The number of methoxy groups -OCH3 is 1. The molecule has 4 heterocycles. The van der Waals surface area contributed by atoms with Gasteiger partial charge in [0, 0.05) is 44.6 Å². The monoisotopic (exact) mass is 445 g/mol. The number of nitrogens with zero attached hydrogens (tertiary/aromatic N) is 7. The summed E-state index contributed by atoms with van der Waals surface area (Å²) in [5.41, 5.74) is 0.525. The lowest BCUT2D eigenvalue weighted by molar-refractivity contribution is -0.123. The molecule has 4 rings (SSSR count). The summed E-state index contributed by atoms with van der Waals surface area (Å²) in [7, 11) is 1.54. The smallest absolute Gasteiger partial charge is 0.290 e. The highest BCUT2D eigenvalue weighted by Crippen LogP contribution is 2.19. The highest BCUT2D eigenvalue weighted by Gasteiger charge is 2.24. The number of fused-ring (bicyclic) bond motifs is 1. The molecule has 13 nitrogen and oxygen atoms in total. The maximum absolute atomic E-state index is 12.9. The van der Waals surface area contributed by atoms with E-state index < -0.39 is 0 Å². The zero-order valence-corrected chi connectivity index (χ0v) is 17.3. The van der Waals surface area contributed by atoms with Crippen LogP contribution in [0, 0.1) is 0 Å². The Balaban J connectivity index is 0.000000547. The molecule has 0 saturated carbocycles. The predicted octanol–water partition coefficient (Wildman–Crippen LogP) is 0.0266. The lowest BCUT2D eigenvalue weighted by Crippen LogP contribution is -2.34. The summed E-state index contributed by atoms with van der Waals surface area (Å²) in [5.74, 6) is 2.17. The van der Waals surface area contributed by atoms with Gasteiger partial charge in [-0.3, -0.25) is 24.0 Å². The maximum Gasteiger partial charge on any atom is 0.290 e. The van der Waals surface area contributed by atoms with Crippen LogP contribution in [0.3, 0.4) is 0 Å². The fourth-order valence-corrected chi connectivity index (χ4v) is 3.13. The number of ether oxygens (including phenoxy) is 1. The summed E-state index contributed by atoms with van der Waals surface area (Å²) >= 11 is 0. The Morgan fingerprint density at radius 2 is 1.91 bits per heavy atom. The molecular weight excluding hydrogens is 422 g/mol. The summed E-state index contributed by atoms with van der Waals surface area (Å²) in [6.45, 7) is 1.88. The number of amides is 1. The van der Waals surface area contributed by atoms with Crippen LogP contribution in [0.5, 0.6) is 5.75 Å². The highest BCUT2D eigenvalue weighted by atomic mass is 16.5. The van der Waals surface area contributed by atoms with Crippen LogP contribution in [0.25, 0.3) is 0 Å². The molecule has 170 valence electrons. The molecule has 3 aromatic rings. The lowest BCUT2D eigenvalue weighted by Gasteiger charge is -2.21. The number of hydrogen-bond acceptors (Lipinski definition) is 8. The van der Waals surface area contributed by atoms with Crippen LogP contribution < -0.4 is 4.74 Å². The molecular formula is C19H23N7O6. The van der Waals surface area contributed by atoms with E-state index in [0.29, 0.717) is 43.9 Å². The van der Waals surface area contributed by atoms with E-state index in [9.17, 15) is 4.79 Å². The largest absolute Gasteiger partial charge is 0.494 e. The van der Waals surface area contributed by atoms with E-state index in [1.807, 2.05) is 21.8 Å². The van der Waals surface area contributed by atoms with Gasteiger partial charge in [0.05, 0.1) is 18.9 Å². The molecule has 1 aliphatic rings. The molecule has 0 spiro atoms. The molecule has 0 radical (unpaired) electrons. The number of carboxylic acid groups (broad SMARTS) is 2. The van der Waals surface area contributed by atoms with Gasteiger partial charge in [0.2, 0.25) is 0 Å². The van der Waals surface area contributed by atoms with Crippen LogP contribution in [-0.2, 0) is 29.1 Å². The molecule has 32 heavy (non-hydrogen) atoms. The van der Waals surface area contributed by atoms with Gasteiger partial charge in [-0.2, -0.15) is 5.10 Å². The zero-order valence-electron chi connectivity index (χ0n) is 17.3. The van der Waals surface area contributed by atoms with Gasteiger partial charge in [0.1, 0.15) is 18.1 Å². The normalized spacial score (nSPS) is 12.1. The van der Waals surface area contributed by atoms with Crippen LogP contribution >= 0.6 is 0 Å². The van der Waals surface area contributed by atoms with Crippen LogP contribution in [0.2, 0.25) is 0 Å². The number of aromatic nitrogens is 6. The number of hydrogen-bond donors (Lipinski definition) is 2. The molecule has 0 bridgehead atoms. The molecule has 0 aromatic carbocycles. The SMILES string of the molecule is COc1cnccc1C(=O)N1CCc2nnc(Cn3cccn3)n2CC1.O=CO.O=CO. The number of carbonyl (C=O) groups excluding carboxylic acids is 1. The van der Waals surface area contributed by atoms with Crippen LogP contribution in [0.4, 0.5) is 0 Å². The Hall–Kier alpha value is -4.29. The Labute approximate surface area is 182 Å². The third-order valence-corrected chi connectivity index (χ3v) is 4.49. The number of carbonyl (C=O) groups is 3. The first-order valence-electron chi connectivity index (χ1n) is 9.40. The van der Waals surface area contributed by atoms with E-state index >= 15 is 0 Å². The summed E-state index contributed by atoms with van der Waals surface area (Å²) < 4.78 is 9.16. The fourth-order valence-electron chi connectivity index (χ4n) is 3.13. The highest BCUT2D eigenvalue weighted by molar-refractivity contribution is 5.96. The first-order valence-corrected chi connectivity index (χ1v) is 9.40. The van der Waals surface area contributed by atoms with Crippen molar-refractivity contribution < 1.29 is 29.3 Å². The molecule has 1 amide bonds. The minimum absolute atomic E-state index is 0.0587. The Morgan fingerprint density at radius 3 is 2.56 bits per heavy atom. The van der Waals surface area contributed by atoms with Gasteiger partial charge in [-0.25, -0.2) is 0 Å². The van der Waals surface area contributed by atoms with Gasteiger partial charge >= 0.3 is 0 Å². The van der Waals surface area contributed by atoms with Crippen molar-refractivity contribution >= 4 is 18.9 Å². The third-order valence-electron chi connectivity index (χ3n) is 4.49. The van der Waals surface area contributed by atoms with Gasteiger partial charge in [-0.15, -0.1) is 10.2 Å². The van der Waals surface area contributed by atoms with Crippen LogP contribution in [-0.4, -0.2) is 83.7 Å². The second-order valence-electron chi connectivity index (χ2n) is 6.22. The topological polar surface area (TPSA) is 166 Å². The second-order valence-corrected chi connectivity index (χ2v) is 6.22. The van der Waals surface area contributed by atoms with E-state index in [1.54, 1.807) is 31.8 Å². The van der Waals surface area contributed by atoms with E-state index in [1.165, 1.54) is 0 Å². The van der Waals surface area contributed by atoms with Crippen molar-refractivity contribution in [1.82, 2.24) is 34.4 Å². The van der Waals surface area contributed by atoms with E-state index in [-0.39, 0.29) is 18.9 Å². The van der Waals surface area contributed by atoms with Crippen molar-refractivity contribution in [2.45, 2.75) is 19.5 Å². The molecule has 13 heteroatoms. The Kier molecular flexibility index (Phi) is 9.31. The molecule has 0 aliphatic carbocycles. The van der Waals surface area contributed by atoms with Gasteiger partial charge in [0.15, 0.2) is 5.82 Å². The standard InChI is InChI=1S/C17H19N7O2.2CH2O2/c1-26-14-11-18-6-3-13(14)17(25)22-8-4-15-20-21-16(24(15)10-9-22)12-23-7-2-5-19-23;2*2-1-3/h2-3,5-7,11H,4,8-10,12H2,1H3;2*1H,(H,2,3). The third kappa shape index (κ3) is 6.10. The first-order chi connectivity index (χ1) is 15.6. The van der Waals surface area contributed by atoms with Crippen molar-refractivity contribution in [3.8, 4) is 5.75 Å². The molecule has 0 fully saturated rings. The molecule has 1 aliphatic heterocycles. The van der Waals surface area contributed by atoms with Crippen molar-refractivity contribution in [3.63, 3.8) is 0 Å². The summed E-state index contributed by atoms with van der Waals surface area (Å²) in [6.07, 6.45) is 7.45. The summed E-state index contributed by atoms with van der Waals surface area (Å²) in [4.78, 5) is 35.5. The lowest BCUT2D eigenvalue weighted by atomic mass is 10.2. The van der Waals surface area contributed by atoms with Crippen molar-refractivity contribution in [2.75, 3.05) is 20.2 Å².